The van der Waals surface area contributed by atoms with Gasteiger partial charge in [0.05, 0.1) is 28.6 Å². The lowest BCUT2D eigenvalue weighted by molar-refractivity contribution is 0.284. The summed E-state index contributed by atoms with van der Waals surface area (Å²) in [4.78, 5) is 12.2. The monoisotopic (exact) mass is 575 g/mol. The molecule has 0 spiro atoms. The van der Waals surface area contributed by atoms with Crippen LogP contribution in [0, 0.1) is 6.92 Å². The Morgan fingerprint density at radius 1 is 1.00 bits per heavy atom. The van der Waals surface area contributed by atoms with Crippen LogP contribution in [-0.2, 0) is 34.5 Å². The second-order valence-corrected chi connectivity index (χ2v) is 12.0. The lowest BCUT2D eigenvalue weighted by atomic mass is 10.3. The number of aromatic nitrogens is 2. The summed E-state index contributed by atoms with van der Waals surface area (Å²) in [5.41, 5.74) is -0.117. The second-order valence-electron chi connectivity index (χ2n) is 7.40. The first-order valence-electron chi connectivity index (χ1n) is 10.1. The third-order valence-corrected chi connectivity index (χ3v) is 7.92. The van der Waals surface area contributed by atoms with Crippen LogP contribution < -0.4 is 10.9 Å². The zero-order chi connectivity index (χ0) is 27.6. The van der Waals surface area contributed by atoms with Gasteiger partial charge in [0.1, 0.15) is 10.6 Å². The first kappa shape index (κ1) is 28.2. The zero-order valence-corrected chi connectivity index (χ0v) is 21.6. The number of azo groups is 1. The fraction of sp³-hybridized carbons (Fsp3) is 0.211. The average molecular weight is 576 g/mol. The van der Waals surface area contributed by atoms with Gasteiger partial charge in [-0.05, 0) is 49.4 Å². The molecular weight excluding hydrogens is 554 g/mol. The third kappa shape index (κ3) is 6.87. The van der Waals surface area contributed by atoms with Crippen LogP contribution >= 0.6 is 0 Å². The van der Waals surface area contributed by atoms with Gasteiger partial charge in [-0.3, -0.25) is 19.0 Å². The highest BCUT2D eigenvalue weighted by molar-refractivity contribution is 7.91. The fourth-order valence-electron chi connectivity index (χ4n) is 3.08. The van der Waals surface area contributed by atoms with Crippen molar-refractivity contribution in [1.82, 2.24) is 9.78 Å². The second kappa shape index (κ2) is 10.5. The van der Waals surface area contributed by atoms with Crippen molar-refractivity contribution in [3.8, 4) is 5.69 Å². The summed E-state index contributed by atoms with van der Waals surface area (Å²) >= 11 is 0. The number of nitrogens with zero attached hydrogens (tertiary/aromatic N) is 3. The SMILES string of the molecule is CNc1ccc(S(=O)(=O)O)c(N=Nc2c(C)[nH]n(-c3ccc(S(=O)(=O)CCOS(=O)(=O)O)cc3)c2=O)c1. The number of hydrogen-bond acceptors (Lipinski definition) is 11. The average Bonchev–Trinajstić information content (AvgIpc) is 3.09. The Morgan fingerprint density at radius 2 is 1.65 bits per heavy atom. The Balaban J connectivity index is 1.91. The standard InChI is InChI=1S/C19H21N5O10S3/c1-12-18(22-21-16-11-13(20-2)3-8-17(16)36(28,29)30)19(25)24(23-12)14-4-6-15(7-5-14)35(26,27)10-9-34-37(31,32)33/h3-8,11,20,23H,9-10H2,1-2H3,(H,28,29,30)(H,31,32,33). The number of benzene rings is 2. The third-order valence-electron chi connectivity index (χ3n) is 4.86. The zero-order valence-electron chi connectivity index (χ0n) is 19.2. The maximum Gasteiger partial charge on any atom is 0.397 e. The molecule has 1 aromatic heterocycles. The molecule has 0 aliphatic rings. The quantitative estimate of drug-likeness (QED) is 0.201. The number of aromatic amines is 1. The van der Waals surface area contributed by atoms with E-state index in [9.17, 15) is 34.6 Å². The highest BCUT2D eigenvalue weighted by Gasteiger charge is 2.19. The molecule has 3 rings (SSSR count). The number of hydrogen-bond donors (Lipinski definition) is 4. The van der Waals surface area contributed by atoms with Crippen molar-refractivity contribution in [2.75, 3.05) is 24.7 Å². The molecule has 0 unspecified atom stereocenters. The predicted octanol–water partition coefficient (Wildman–Crippen LogP) is 1.77. The normalized spacial score (nSPS) is 12.8. The van der Waals surface area contributed by atoms with Crippen LogP contribution in [0.4, 0.5) is 17.1 Å². The van der Waals surface area contributed by atoms with Gasteiger partial charge in [0, 0.05) is 12.7 Å². The highest BCUT2D eigenvalue weighted by atomic mass is 32.3. The van der Waals surface area contributed by atoms with Crippen molar-refractivity contribution in [3.05, 3.63) is 58.5 Å². The topological polar surface area (TPSA) is 227 Å². The molecule has 0 fully saturated rings. The van der Waals surface area contributed by atoms with Gasteiger partial charge in [0.25, 0.3) is 15.7 Å². The van der Waals surface area contributed by atoms with Crippen molar-refractivity contribution in [1.29, 1.82) is 0 Å². The molecule has 2 aromatic carbocycles. The minimum Gasteiger partial charge on any atom is -0.388 e. The van der Waals surface area contributed by atoms with E-state index in [4.69, 9.17) is 4.55 Å². The number of H-pyrrole nitrogens is 1. The van der Waals surface area contributed by atoms with Gasteiger partial charge >= 0.3 is 10.4 Å². The van der Waals surface area contributed by atoms with E-state index in [1.165, 1.54) is 43.3 Å². The number of aryl methyl sites for hydroxylation is 1. The largest absolute Gasteiger partial charge is 0.397 e. The van der Waals surface area contributed by atoms with Crippen LogP contribution in [0.5, 0.6) is 0 Å². The van der Waals surface area contributed by atoms with E-state index in [1.54, 1.807) is 7.05 Å². The van der Waals surface area contributed by atoms with Gasteiger partial charge in [-0.25, -0.2) is 17.3 Å². The summed E-state index contributed by atoms with van der Waals surface area (Å²) in [5.74, 6) is -0.724. The Labute approximate surface area is 211 Å². The molecule has 0 atom stereocenters. The lowest BCUT2D eigenvalue weighted by Crippen LogP contribution is -2.16. The highest BCUT2D eigenvalue weighted by Crippen LogP contribution is 2.29. The number of anilines is 1. The minimum atomic E-state index is -4.78. The molecule has 0 saturated carbocycles. The van der Waals surface area contributed by atoms with Crippen molar-refractivity contribution < 1.29 is 38.5 Å². The minimum absolute atomic E-state index is 0.171. The van der Waals surface area contributed by atoms with Crippen LogP contribution in [0.3, 0.4) is 0 Å². The molecule has 0 aliphatic heterocycles. The van der Waals surface area contributed by atoms with Crippen LogP contribution in [0.1, 0.15) is 5.69 Å². The summed E-state index contributed by atoms with van der Waals surface area (Å²) in [7, 11) is -11.8. The summed E-state index contributed by atoms with van der Waals surface area (Å²) in [6.07, 6.45) is 0. The van der Waals surface area contributed by atoms with Gasteiger partial charge in [0.2, 0.25) is 0 Å². The molecule has 0 saturated heterocycles. The van der Waals surface area contributed by atoms with Crippen molar-refractivity contribution in [2.24, 2.45) is 10.2 Å². The van der Waals surface area contributed by atoms with Crippen molar-refractivity contribution in [2.45, 2.75) is 16.7 Å². The molecule has 0 aliphatic carbocycles. The number of sulfone groups is 1. The Morgan fingerprint density at radius 3 is 2.22 bits per heavy atom. The maximum atomic E-state index is 12.9. The Hall–Kier alpha value is -3.42. The van der Waals surface area contributed by atoms with Gasteiger partial charge in [-0.1, -0.05) is 0 Å². The molecule has 4 N–H and O–H groups in total. The van der Waals surface area contributed by atoms with E-state index in [1.807, 2.05) is 0 Å². The van der Waals surface area contributed by atoms with E-state index in [0.29, 0.717) is 5.69 Å². The van der Waals surface area contributed by atoms with E-state index in [0.717, 1.165) is 10.7 Å². The molecule has 0 radical (unpaired) electrons. The molecule has 200 valence electrons. The number of nitrogens with one attached hydrogen (secondary N) is 2. The van der Waals surface area contributed by atoms with E-state index in [2.05, 4.69) is 24.8 Å². The summed E-state index contributed by atoms with van der Waals surface area (Å²) in [6, 6.07) is 8.83. The predicted molar refractivity (Wildman–Crippen MR) is 131 cm³/mol. The van der Waals surface area contributed by atoms with Crippen LogP contribution in [0.15, 0.2) is 67.3 Å². The van der Waals surface area contributed by atoms with E-state index in [-0.39, 0.29) is 27.7 Å². The van der Waals surface area contributed by atoms with Crippen molar-refractivity contribution in [3.63, 3.8) is 0 Å². The van der Waals surface area contributed by atoms with Gasteiger partial charge < -0.3 is 5.32 Å². The van der Waals surface area contributed by atoms with Crippen LogP contribution in [0.25, 0.3) is 5.69 Å². The molecule has 0 amide bonds. The first-order valence-corrected chi connectivity index (χ1v) is 14.6. The summed E-state index contributed by atoms with van der Waals surface area (Å²) in [5, 5.41) is 13.2. The van der Waals surface area contributed by atoms with E-state index >= 15 is 0 Å². The molecule has 37 heavy (non-hydrogen) atoms. The fourth-order valence-corrected chi connectivity index (χ4v) is 5.17. The maximum absolute atomic E-state index is 12.9. The first-order chi connectivity index (χ1) is 17.1. The van der Waals surface area contributed by atoms with Gasteiger partial charge in [0.15, 0.2) is 15.5 Å². The van der Waals surface area contributed by atoms with Crippen LogP contribution in [0.2, 0.25) is 0 Å². The van der Waals surface area contributed by atoms with Crippen molar-refractivity contribution >= 4 is 47.4 Å². The number of rotatable bonds is 10. The van der Waals surface area contributed by atoms with Gasteiger partial charge in [-0.2, -0.15) is 16.8 Å². The Kier molecular flexibility index (Phi) is 8.00. The summed E-state index contributed by atoms with van der Waals surface area (Å²) < 4.78 is 92.2. The molecular formula is C19H21N5O10S3. The van der Waals surface area contributed by atoms with E-state index < -0.39 is 53.2 Å². The molecule has 18 heteroatoms. The Bertz CT molecular complexity index is 1720. The lowest BCUT2D eigenvalue weighted by Gasteiger charge is -2.06. The molecule has 15 nitrogen and oxygen atoms in total. The molecule has 1 heterocycles. The molecule has 0 bridgehead atoms. The van der Waals surface area contributed by atoms with Gasteiger partial charge in [-0.15, -0.1) is 10.2 Å². The van der Waals surface area contributed by atoms with Crippen LogP contribution in [-0.4, -0.2) is 63.5 Å². The summed E-state index contributed by atoms with van der Waals surface area (Å²) in [6.45, 7) is 0.719. The molecule has 3 aromatic rings. The smallest absolute Gasteiger partial charge is 0.388 e.